The fraction of sp³-hybridized carbons (Fsp3) is 0.200. The summed E-state index contributed by atoms with van der Waals surface area (Å²) in [7, 11) is 0. The van der Waals surface area contributed by atoms with Crippen LogP contribution in [0.2, 0.25) is 0 Å². The van der Waals surface area contributed by atoms with Crippen molar-refractivity contribution in [3.05, 3.63) is 34.3 Å². The molecule has 0 aliphatic rings. The summed E-state index contributed by atoms with van der Waals surface area (Å²) in [6.45, 7) is -0.0363. The highest BCUT2D eigenvalue weighted by Crippen LogP contribution is 2.25. The number of halogens is 2. The van der Waals surface area contributed by atoms with Gasteiger partial charge in [0.15, 0.2) is 12.4 Å². The average molecular weight is 330 g/mol. The first-order valence-electron chi connectivity index (χ1n) is 5.22. The molecule has 2 rings (SSSR count). The molecule has 100 valence electrons. The summed E-state index contributed by atoms with van der Waals surface area (Å²) in [6.07, 6.45) is 0. The highest BCUT2D eigenvalue weighted by Gasteiger charge is 2.07. The second-order valence-electron chi connectivity index (χ2n) is 3.47. The Bertz CT molecular complexity index is 563. The molecule has 1 aromatic carbocycles. The van der Waals surface area contributed by atoms with Gasteiger partial charge in [0.25, 0.3) is 5.91 Å². The Kier molecular flexibility index (Phi) is 4.39. The van der Waals surface area contributed by atoms with Crippen molar-refractivity contribution in [3.8, 4) is 5.75 Å². The molecule has 0 saturated carbocycles. The Morgan fingerprint density at radius 2 is 2.37 bits per heavy atom. The quantitative estimate of drug-likeness (QED) is 0.846. The van der Waals surface area contributed by atoms with Crippen LogP contribution < -0.4 is 10.1 Å². The van der Waals surface area contributed by atoms with E-state index < -0.39 is 0 Å². The number of amides is 1. The second-order valence-corrected chi connectivity index (χ2v) is 4.32. The number of aromatic nitrogens is 4. The molecule has 2 aromatic rings. The molecule has 1 aromatic heterocycles. The van der Waals surface area contributed by atoms with Crippen molar-refractivity contribution in [2.45, 2.75) is 6.54 Å². The zero-order chi connectivity index (χ0) is 13.7. The standard InChI is InChI=1S/C10H9BrFN5O2/c11-7-3-6(12)1-2-8(7)19-5-10(18)13-4-9-14-16-17-15-9/h1-3H,4-5H2,(H,13,18)(H,14,15,16,17). The van der Waals surface area contributed by atoms with E-state index in [2.05, 4.69) is 41.9 Å². The Balaban J connectivity index is 1.80. The fourth-order valence-corrected chi connectivity index (χ4v) is 1.69. The Hall–Kier alpha value is -2.03. The summed E-state index contributed by atoms with van der Waals surface area (Å²) in [5.74, 6) is 0.0224. The summed E-state index contributed by atoms with van der Waals surface area (Å²) in [4.78, 5) is 11.5. The van der Waals surface area contributed by atoms with Gasteiger partial charge in [0, 0.05) is 0 Å². The van der Waals surface area contributed by atoms with Crippen LogP contribution in [0, 0.1) is 5.82 Å². The van der Waals surface area contributed by atoms with Crippen LogP contribution in [0.15, 0.2) is 22.7 Å². The number of nitrogens with one attached hydrogen (secondary N) is 2. The van der Waals surface area contributed by atoms with Gasteiger partial charge in [-0.2, -0.15) is 5.21 Å². The number of H-pyrrole nitrogens is 1. The van der Waals surface area contributed by atoms with Crippen LogP contribution in [0.25, 0.3) is 0 Å². The van der Waals surface area contributed by atoms with Crippen molar-refractivity contribution in [2.75, 3.05) is 6.61 Å². The van der Waals surface area contributed by atoms with Crippen molar-refractivity contribution in [2.24, 2.45) is 0 Å². The normalized spacial score (nSPS) is 10.2. The third-order valence-electron chi connectivity index (χ3n) is 2.09. The fourth-order valence-electron chi connectivity index (χ4n) is 1.22. The molecule has 0 aliphatic carbocycles. The topological polar surface area (TPSA) is 92.8 Å². The minimum absolute atomic E-state index is 0.156. The molecular formula is C10H9BrFN5O2. The Morgan fingerprint density at radius 3 is 3.05 bits per heavy atom. The molecule has 0 radical (unpaired) electrons. The lowest BCUT2D eigenvalue weighted by Crippen LogP contribution is -2.28. The number of aromatic amines is 1. The summed E-state index contributed by atoms with van der Waals surface area (Å²) in [6, 6.07) is 3.94. The van der Waals surface area contributed by atoms with Gasteiger partial charge in [-0.25, -0.2) is 4.39 Å². The summed E-state index contributed by atoms with van der Waals surface area (Å²) in [5.41, 5.74) is 0. The van der Waals surface area contributed by atoms with Gasteiger partial charge in [0.05, 0.1) is 11.0 Å². The van der Waals surface area contributed by atoms with Crippen molar-refractivity contribution in [3.63, 3.8) is 0 Å². The Labute approximate surface area is 115 Å². The largest absolute Gasteiger partial charge is 0.483 e. The van der Waals surface area contributed by atoms with Gasteiger partial charge >= 0.3 is 0 Å². The number of ether oxygens (including phenoxy) is 1. The molecule has 0 bridgehead atoms. The van der Waals surface area contributed by atoms with Crippen LogP contribution in [0.3, 0.4) is 0 Å². The zero-order valence-electron chi connectivity index (χ0n) is 9.56. The second kappa shape index (κ2) is 6.23. The van der Waals surface area contributed by atoms with Gasteiger partial charge in [-0.1, -0.05) is 5.21 Å². The number of nitrogens with zero attached hydrogens (tertiary/aromatic N) is 3. The minimum atomic E-state index is -0.388. The van der Waals surface area contributed by atoms with Gasteiger partial charge < -0.3 is 10.1 Å². The molecule has 9 heteroatoms. The molecule has 7 nitrogen and oxygen atoms in total. The number of hydrogen-bond acceptors (Lipinski definition) is 5. The highest BCUT2D eigenvalue weighted by molar-refractivity contribution is 9.10. The van der Waals surface area contributed by atoms with Crippen molar-refractivity contribution >= 4 is 21.8 Å². The number of hydrogen-bond donors (Lipinski definition) is 2. The van der Waals surface area contributed by atoms with E-state index in [0.29, 0.717) is 16.0 Å². The first-order chi connectivity index (χ1) is 9.15. The van der Waals surface area contributed by atoms with Crippen LogP contribution in [0.1, 0.15) is 5.82 Å². The average Bonchev–Trinajstić information content (AvgIpc) is 2.88. The predicted octanol–water partition coefficient (Wildman–Crippen LogP) is 0.796. The molecule has 19 heavy (non-hydrogen) atoms. The van der Waals surface area contributed by atoms with E-state index in [0.717, 1.165) is 0 Å². The van der Waals surface area contributed by atoms with Crippen LogP contribution >= 0.6 is 15.9 Å². The molecule has 1 heterocycles. The van der Waals surface area contributed by atoms with E-state index >= 15 is 0 Å². The molecule has 0 unspecified atom stereocenters. The summed E-state index contributed by atoms with van der Waals surface area (Å²) in [5, 5.41) is 15.5. The van der Waals surface area contributed by atoms with E-state index in [4.69, 9.17) is 4.74 Å². The third kappa shape index (κ3) is 3.98. The number of carbonyl (C=O) groups is 1. The number of carbonyl (C=O) groups excluding carboxylic acids is 1. The first kappa shape index (κ1) is 13.4. The van der Waals surface area contributed by atoms with Crippen LogP contribution in [0.5, 0.6) is 5.75 Å². The van der Waals surface area contributed by atoms with Gasteiger partial charge in [0.2, 0.25) is 0 Å². The maximum atomic E-state index is 12.8. The molecular weight excluding hydrogens is 321 g/mol. The molecule has 0 atom stereocenters. The third-order valence-corrected chi connectivity index (χ3v) is 2.71. The molecule has 0 saturated heterocycles. The van der Waals surface area contributed by atoms with Crippen molar-refractivity contribution < 1.29 is 13.9 Å². The van der Waals surface area contributed by atoms with Crippen molar-refractivity contribution in [1.82, 2.24) is 25.9 Å². The van der Waals surface area contributed by atoms with E-state index in [1.54, 1.807) is 0 Å². The maximum absolute atomic E-state index is 12.8. The van der Waals surface area contributed by atoms with Gasteiger partial charge in [-0.05, 0) is 34.1 Å². The van der Waals surface area contributed by atoms with Crippen LogP contribution in [-0.2, 0) is 11.3 Å². The van der Waals surface area contributed by atoms with E-state index in [-0.39, 0.29) is 24.9 Å². The minimum Gasteiger partial charge on any atom is -0.483 e. The molecule has 1 amide bonds. The van der Waals surface area contributed by atoms with Crippen LogP contribution in [0.4, 0.5) is 4.39 Å². The molecule has 2 N–H and O–H groups in total. The zero-order valence-corrected chi connectivity index (χ0v) is 11.1. The number of rotatable bonds is 5. The van der Waals surface area contributed by atoms with Gasteiger partial charge in [-0.3, -0.25) is 4.79 Å². The van der Waals surface area contributed by atoms with Crippen molar-refractivity contribution in [1.29, 1.82) is 0 Å². The lowest BCUT2D eigenvalue weighted by molar-refractivity contribution is -0.123. The lowest BCUT2D eigenvalue weighted by atomic mass is 10.3. The summed E-state index contributed by atoms with van der Waals surface area (Å²) >= 11 is 3.14. The monoisotopic (exact) mass is 329 g/mol. The van der Waals surface area contributed by atoms with Gasteiger partial charge in [-0.15, -0.1) is 10.2 Å². The summed E-state index contributed by atoms with van der Waals surface area (Å²) < 4.78 is 18.5. The SMILES string of the molecule is O=C(COc1ccc(F)cc1Br)NCc1nn[nH]n1. The van der Waals surface area contributed by atoms with Gasteiger partial charge in [0.1, 0.15) is 11.6 Å². The first-order valence-corrected chi connectivity index (χ1v) is 6.01. The number of tetrazole rings is 1. The molecule has 0 fully saturated rings. The molecule has 0 aliphatic heterocycles. The van der Waals surface area contributed by atoms with E-state index in [9.17, 15) is 9.18 Å². The number of benzene rings is 1. The van der Waals surface area contributed by atoms with E-state index in [1.807, 2.05) is 0 Å². The molecule has 0 spiro atoms. The Morgan fingerprint density at radius 1 is 1.53 bits per heavy atom. The van der Waals surface area contributed by atoms with Crippen LogP contribution in [-0.4, -0.2) is 33.1 Å². The predicted molar refractivity (Wildman–Crippen MR) is 65.6 cm³/mol. The maximum Gasteiger partial charge on any atom is 0.258 e. The van der Waals surface area contributed by atoms with E-state index in [1.165, 1.54) is 18.2 Å². The smallest absolute Gasteiger partial charge is 0.258 e. The lowest BCUT2D eigenvalue weighted by Gasteiger charge is -2.07. The highest BCUT2D eigenvalue weighted by atomic mass is 79.9.